The van der Waals surface area contributed by atoms with Crippen LogP contribution in [0.15, 0.2) is 6.20 Å². The number of nitrogens with one attached hydrogen (secondary N) is 1. The predicted molar refractivity (Wildman–Crippen MR) is 45.5 cm³/mol. The Morgan fingerprint density at radius 1 is 1.67 bits per heavy atom. The molecule has 0 saturated heterocycles. The summed E-state index contributed by atoms with van der Waals surface area (Å²) in [5, 5.41) is 7.73. The van der Waals surface area contributed by atoms with Gasteiger partial charge in [-0.3, -0.25) is 9.52 Å². The van der Waals surface area contributed by atoms with Gasteiger partial charge in [-0.1, -0.05) is 19.1 Å². The third-order valence-corrected chi connectivity index (χ3v) is 1.30. The Morgan fingerprint density at radius 2 is 2.42 bits per heavy atom. The maximum atomic E-state index is 4.68. The van der Waals surface area contributed by atoms with Crippen LogP contribution in [0.4, 0.5) is 5.82 Å². The molecular formula is C7H14N4O. The first-order chi connectivity index (χ1) is 5.72. The molecule has 0 aliphatic rings. The fourth-order valence-corrected chi connectivity index (χ4v) is 0.913. The number of aromatic nitrogens is 3. The van der Waals surface area contributed by atoms with Gasteiger partial charge in [0.25, 0.3) is 0 Å². The molecule has 5 nitrogen and oxygen atoms in total. The zero-order valence-electron chi connectivity index (χ0n) is 7.61. The van der Waals surface area contributed by atoms with Gasteiger partial charge in [0.1, 0.15) is 0 Å². The lowest BCUT2D eigenvalue weighted by Crippen LogP contribution is -2.04. The Balaban J connectivity index is 2.52. The van der Waals surface area contributed by atoms with Gasteiger partial charge in [-0.05, 0) is 5.92 Å². The third-order valence-electron chi connectivity index (χ3n) is 1.30. The van der Waals surface area contributed by atoms with E-state index in [2.05, 4.69) is 34.5 Å². The molecule has 0 spiro atoms. The van der Waals surface area contributed by atoms with Crippen molar-refractivity contribution in [3.05, 3.63) is 6.20 Å². The van der Waals surface area contributed by atoms with Gasteiger partial charge in [0, 0.05) is 6.54 Å². The van der Waals surface area contributed by atoms with E-state index >= 15 is 0 Å². The minimum Gasteiger partial charge on any atom is -0.278 e. The second-order valence-electron chi connectivity index (χ2n) is 3.03. The predicted octanol–water partition coefficient (Wildman–Crippen LogP) is 0.907. The van der Waals surface area contributed by atoms with Crippen LogP contribution in [0.25, 0.3) is 0 Å². The lowest BCUT2D eigenvalue weighted by Gasteiger charge is -2.01. The second-order valence-corrected chi connectivity index (χ2v) is 3.03. The molecule has 0 radical (unpaired) electrons. The van der Waals surface area contributed by atoms with E-state index in [9.17, 15) is 0 Å². The molecule has 1 aromatic heterocycles. The number of rotatable bonds is 4. The summed E-state index contributed by atoms with van der Waals surface area (Å²) < 4.78 is 1.78. The molecule has 0 fully saturated rings. The number of anilines is 1. The van der Waals surface area contributed by atoms with E-state index in [0.29, 0.717) is 11.7 Å². The summed E-state index contributed by atoms with van der Waals surface area (Å²) in [7, 11) is 1.54. The monoisotopic (exact) mass is 170 g/mol. The Hall–Kier alpha value is -1.10. The molecule has 0 bridgehead atoms. The highest BCUT2D eigenvalue weighted by Gasteiger charge is 2.00. The van der Waals surface area contributed by atoms with Crippen LogP contribution in [0.5, 0.6) is 0 Å². The van der Waals surface area contributed by atoms with E-state index in [1.165, 1.54) is 0 Å². The summed E-state index contributed by atoms with van der Waals surface area (Å²) in [6.45, 7) is 5.13. The highest BCUT2D eigenvalue weighted by molar-refractivity contribution is 5.25. The maximum Gasteiger partial charge on any atom is 0.192 e. The maximum absolute atomic E-state index is 4.68. The fraction of sp³-hybridized carbons (Fsp3) is 0.714. The van der Waals surface area contributed by atoms with Crippen LogP contribution in [0.3, 0.4) is 0 Å². The molecule has 0 atom stereocenters. The van der Waals surface area contributed by atoms with Crippen molar-refractivity contribution in [3.8, 4) is 0 Å². The lowest BCUT2D eigenvalue weighted by atomic mass is 10.2. The molecule has 1 aromatic rings. The van der Waals surface area contributed by atoms with Crippen LogP contribution in [0.1, 0.15) is 13.8 Å². The first-order valence-corrected chi connectivity index (χ1v) is 3.91. The summed E-state index contributed by atoms with van der Waals surface area (Å²) in [4.78, 5) is 4.68. The van der Waals surface area contributed by atoms with Gasteiger partial charge in [0.05, 0.1) is 13.3 Å². The van der Waals surface area contributed by atoms with Gasteiger partial charge in [-0.2, -0.15) is 0 Å². The molecule has 1 rings (SSSR count). The molecule has 5 heteroatoms. The largest absolute Gasteiger partial charge is 0.278 e. The summed E-state index contributed by atoms with van der Waals surface area (Å²) in [5.74, 6) is 1.21. The minimum atomic E-state index is 0.571. The summed E-state index contributed by atoms with van der Waals surface area (Å²) in [6, 6.07) is 0. The van der Waals surface area contributed by atoms with Crippen LogP contribution >= 0.6 is 0 Å². The smallest absolute Gasteiger partial charge is 0.192 e. The molecule has 68 valence electrons. The van der Waals surface area contributed by atoms with Crippen LogP contribution in [0.2, 0.25) is 0 Å². The van der Waals surface area contributed by atoms with Crippen molar-refractivity contribution in [2.45, 2.75) is 20.4 Å². The van der Waals surface area contributed by atoms with E-state index in [4.69, 9.17) is 0 Å². The molecule has 12 heavy (non-hydrogen) atoms. The van der Waals surface area contributed by atoms with E-state index in [0.717, 1.165) is 6.54 Å². The van der Waals surface area contributed by atoms with Gasteiger partial charge in [0.2, 0.25) is 0 Å². The van der Waals surface area contributed by atoms with E-state index in [1.54, 1.807) is 11.8 Å². The van der Waals surface area contributed by atoms with Crippen LogP contribution < -0.4 is 5.48 Å². The van der Waals surface area contributed by atoms with Crippen LogP contribution in [-0.2, 0) is 11.4 Å². The standard InChI is InChI=1S/C7H14N4O/c1-6(2)4-11-5-7(8-10-11)9-12-3/h5-6,9H,4H2,1-3H3. The highest BCUT2D eigenvalue weighted by atomic mass is 16.6. The number of hydrogen-bond acceptors (Lipinski definition) is 4. The van der Waals surface area contributed by atoms with Gasteiger partial charge in [0.15, 0.2) is 5.82 Å². The second kappa shape index (κ2) is 4.06. The van der Waals surface area contributed by atoms with Crippen molar-refractivity contribution in [2.75, 3.05) is 12.6 Å². The first kappa shape index (κ1) is 8.99. The first-order valence-electron chi connectivity index (χ1n) is 3.91. The number of nitrogens with zero attached hydrogens (tertiary/aromatic N) is 3. The molecule has 0 aliphatic heterocycles. The zero-order valence-corrected chi connectivity index (χ0v) is 7.61. The molecule has 0 amide bonds. The zero-order chi connectivity index (χ0) is 8.97. The Kier molecular flexibility index (Phi) is 3.04. The molecule has 0 saturated carbocycles. The Morgan fingerprint density at radius 3 is 3.00 bits per heavy atom. The quantitative estimate of drug-likeness (QED) is 0.682. The van der Waals surface area contributed by atoms with E-state index in [1.807, 2.05) is 6.20 Å². The molecular weight excluding hydrogens is 156 g/mol. The SMILES string of the molecule is CONc1cn(CC(C)C)nn1. The average molecular weight is 170 g/mol. The van der Waals surface area contributed by atoms with Crippen molar-refractivity contribution >= 4 is 5.82 Å². The van der Waals surface area contributed by atoms with Gasteiger partial charge >= 0.3 is 0 Å². The van der Waals surface area contributed by atoms with Crippen molar-refractivity contribution < 1.29 is 4.84 Å². The molecule has 1 heterocycles. The minimum absolute atomic E-state index is 0.571. The Bertz CT molecular complexity index is 233. The number of hydrogen-bond donors (Lipinski definition) is 1. The normalized spacial score (nSPS) is 10.7. The molecule has 0 unspecified atom stereocenters. The van der Waals surface area contributed by atoms with Crippen molar-refractivity contribution in [2.24, 2.45) is 5.92 Å². The van der Waals surface area contributed by atoms with Gasteiger partial charge in [-0.15, -0.1) is 5.10 Å². The van der Waals surface area contributed by atoms with Crippen molar-refractivity contribution in [1.82, 2.24) is 15.0 Å². The topological polar surface area (TPSA) is 52.0 Å². The summed E-state index contributed by atoms with van der Waals surface area (Å²) in [6.07, 6.45) is 1.81. The van der Waals surface area contributed by atoms with Crippen molar-refractivity contribution in [1.29, 1.82) is 0 Å². The molecule has 0 aliphatic carbocycles. The van der Waals surface area contributed by atoms with Crippen molar-refractivity contribution in [3.63, 3.8) is 0 Å². The summed E-state index contributed by atoms with van der Waals surface area (Å²) in [5.41, 5.74) is 2.61. The molecule has 1 N–H and O–H groups in total. The van der Waals surface area contributed by atoms with Crippen LogP contribution in [0, 0.1) is 5.92 Å². The highest BCUT2D eigenvalue weighted by Crippen LogP contribution is 2.02. The Labute approximate surface area is 71.7 Å². The van der Waals surface area contributed by atoms with Gasteiger partial charge < -0.3 is 0 Å². The van der Waals surface area contributed by atoms with E-state index < -0.39 is 0 Å². The lowest BCUT2D eigenvalue weighted by molar-refractivity contribution is 0.269. The third kappa shape index (κ3) is 2.50. The van der Waals surface area contributed by atoms with Crippen LogP contribution in [-0.4, -0.2) is 22.1 Å². The fourth-order valence-electron chi connectivity index (χ4n) is 0.913. The van der Waals surface area contributed by atoms with Gasteiger partial charge in [-0.25, -0.2) is 5.48 Å². The average Bonchev–Trinajstić information content (AvgIpc) is 2.36. The molecule has 0 aromatic carbocycles. The summed E-state index contributed by atoms with van der Waals surface area (Å²) >= 11 is 0. The van der Waals surface area contributed by atoms with E-state index in [-0.39, 0.29) is 0 Å².